The number of benzene rings is 3. The van der Waals surface area contributed by atoms with Crippen LogP contribution in [0.3, 0.4) is 0 Å². The van der Waals surface area contributed by atoms with Crippen LogP contribution in [0.2, 0.25) is 5.02 Å². The number of amides is 1. The molecule has 41 heavy (non-hydrogen) atoms. The first-order valence-corrected chi connectivity index (χ1v) is 14.2. The Morgan fingerprint density at radius 2 is 1.68 bits per heavy atom. The van der Waals surface area contributed by atoms with Crippen LogP contribution in [0.1, 0.15) is 79.0 Å². The number of esters is 1. The molecule has 4 rings (SSSR count). The Bertz CT molecular complexity index is 1580. The van der Waals surface area contributed by atoms with Crippen molar-refractivity contribution in [3.05, 3.63) is 99.2 Å². The number of hydrogen-bond acceptors (Lipinski definition) is 4. The highest BCUT2D eigenvalue weighted by Crippen LogP contribution is 2.32. The number of hydrogen-bond donors (Lipinski definition) is 1. The Labute approximate surface area is 247 Å². The molecular formula is C34H39ClN2O4. The summed E-state index contributed by atoms with van der Waals surface area (Å²) in [5.41, 5.74) is 7.05. The molecule has 216 valence electrons. The van der Waals surface area contributed by atoms with Gasteiger partial charge in [0.25, 0.3) is 5.91 Å². The zero-order valence-electron chi connectivity index (χ0n) is 25.1. The minimum Gasteiger partial charge on any atom is -0.479 e. The fourth-order valence-electron chi connectivity index (χ4n) is 5.01. The maximum atomic E-state index is 13.2. The summed E-state index contributed by atoms with van der Waals surface area (Å²) < 4.78 is 12.6. The fourth-order valence-corrected chi connectivity index (χ4v) is 5.19. The minimum absolute atomic E-state index is 0.0808. The van der Waals surface area contributed by atoms with Gasteiger partial charge >= 0.3 is 5.97 Å². The highest BCUT2D eigenvalue weighted by atomic mass is 35.5. The molecule has 0 saturated heterocycles. The Hall–Kier alpha value is -3.77. The van der Waals surface area contributed by atoms with Crippen LogP contribution in [0.15, 0.2) is 60.7 Å². The van der Waals surface area contributed by atoms with Gasteiger partial charge in [0.2, 0.25) is 0 Å². The lowest BCUT2D eigenvalue weighted by atomic mass is 9.86. The first-order chi connectivity index (χ1) is 19.3. The van der Waals surface area contributed by atoms with Gasteiger partial charge in [-0.15, -0.1) is 0 Å². The average Bonchev–Trinajstić information content (AvgIpc) is 3.17. The highest BCUT2D eigenvalue weighted by Gasteiger charge is 2.20. The predicted molar refractivity (Wildman–Crippen MR) is 165 cm³/mol. The van der Waals surface area contributed by atoms with Gasteiger partial charge in [-0.2, -0.15) is 0 Å². The molecule has 6 nitrogen and oxygen atoms in total. The first kappa shape index (κ1) is 30.2. The lowest BCUT2D eigenvalue weighted by Gasteiger charge is -2.20. The standard InChI is InChI=1S/C34H39ClN2O4/c1-20(23-9-12-26(13-10-23)34(4,5)6)36-32(38)24-11-15-28-29(21(2)37(7)31(28)19-24)18-25-17-27(14-16-30(25)35)41-22(3)33(39)40-8/h9-17,19-20,22H,18H2,1-8H3,(H,36,38)/t20-,22-/m0/s1. The third-order valence-corrected chi connectivity index (χ3v) is 8.11. The van der Waals surface area contributed by atoms with E-state index in [1.54, 1.807) is 19.1 Å². The van der Waals surface area contributed by atoms with E-state index in [9.17, 15) is 9.59 Å². The number of carbonyl (C=O) groups is 2. The van der Waals surface area contributed by atoms with Crippen molar-refractivity contribution < 1.29 is 19.1 Å². The molecule has 1 aromatic heterocycles. The number of halogens is 1. The summed E-state index contributed by atoms with van der Waals surface area (Å²) in [4.78, 5) is 25.0. The zero-order valence-corrected chi connectivity index (χ0v) is 25.8. The van der Waals surface area contributed by atoms with Crippen molar-refractivity contribution in [1.29, 1.82) is 0 Å². The summed E-state index contributed by atoms with van der Waals surface area (Å²) in [5, 5.41) is 4.81. The van der Waals surface area contributed by atoms with Gasteiger partial charge in [0.1, 0.15) is 5.75 Å². The lowest BCUT2D eigenvalue weighted by Crippen LogP contribution is -2.26. The van der Waals surface area contributed by atoms with E-state index in [1.165, 1.54) is 12.7 Å². The summed E-state index contributed by atoms with van der Waals surface area (Å²) in [6.45, 7) is 12.3. The molecule has 0 radical (unpaired) electrons. The van der Waals surface area contributed by atoms with Crippen molar-refractivity contribution in [2.75, 3.05) is 7.11 Å². The molecule has 0 fully saturated rings. The third-order valence-electron chi connectivity index (χ3n) is 7.74. The van der Waals surface area contributed by atoms with Gasteiger partial charge in [-0.1, -0.05) is 62.7 Å². The van der Waals surface area contributed by atoms with E-state index >= 15 is 0 Å². The number of ether oxygens (including phenoxy) is 2. The second kappa shape index (κ2) is 12.0. The molecule has 0 aliphatic heterocycles. The number of nitrogens with one attached hydrogen (secondary N) is 1. The van der Waals surface area contributed by atoms with E-state index < -0.39 is 12.1 Å². The van der Waals surface area contributed by atoms with Crippen LogP contribution in [0.4, 0.5) is 0 Å². The fraction of sp³-hybridized carbons (Fsp3) is 0.353. The second-order valence-corrected chi connectivity index (χ2v) is 12.0. The van der Waals surface area contributed by atoms with Crippen LogP contribution in [0.25, 0.3) is 10.9 Å². The lowest BCUT2D eigenvalue weighted by molar-refractivity contribution is -0.147. The van der Waals surface area contributed by atoms with Crippen molar-refractivity contribution in [3.8, 4) is 5.75 Å². The summed E-state index contributed by atoms with van der Waals surface area (Å²) >= 11 is 6.57. The van der Waals surface area contributed by atoms with Gasteiger partial charge in [0.05, 0.1) is 13.2 Å². The van der Waals surface area contributed by atoms with Crippen LogP contribution in [-0.4, -0.2) is 29.7 Å². The topological polar surface area (TPSA) is 69.6 Å². The van der Waals surface area contributed by atoms with Gasteiger partial charge in [-0.3, -0.25) is 4.79 Å². The molecule has 2 atom stereocenters. The number of methoxy groups -OCH3 is 1. The Morgan fingerprint density at radius 1 is 1.00 bits per heavy atom. The molecule has 0 spiro atoms. The van der Waals surface area contributed by atoms with E-state index in [-0.39, 0.29) is 17.4 Å². The van der Waals surface area contributed by atoms with Crippen LogP contribution < -0.4 is 10.1 Å². The average molecular weight is 575 g/mol. The molecule has 0 aliphatic rings. The van der Waals surface area contributed by atoms with Crippen LogP contribution in [0, 0.1) is 6.92 Å². The molecule has 0 saturated carbocycles. The van der Waals surface area contributed by atoms with Crippen LogP contribution >= 0.6 is 11.6 Å². The van der Waals surface area contributed by atoms with Crippen molar-refractivity contribution in [3.63, 3.8) is 0 Å². The number of carbonyl (C=O) groups excluding carboxylic acids is 2. The van der Waals surface area contributed by atoms with Gasteiger partial charge in [0, 0.05) is 40.7 Å². The van der Waals surface area contributed by atoms with Gasteiger partial charge in [-0.25, -0.2) is 4.79 Å². The molecule has 0 bridgehead atoms. The smallest absolute Gasteiger partial charge is 0.346 e. The van der Waals surface area contributed by atoms with Crippen LogP contribution in [-0.2, 0) is 28.4 Å². The van der Waals surface area contributed by atoms with Crippen molar-refractivity contribution in [2.45, 2.75) is 65.5 Å². The van der Waals surface area contributed by atoms with E-state index in [0.29, 0.717) is 22.8 Å². The molecule has 7 heteroatoms. The van der Waals surface area contributed by atoms with Crippen molar-refractivity contribution in [1.82, 2.24) is 9.88 Å². The summed E-state index contributed by atoms with van der Waals surface area (Å²) in [7, 11) is 3.33. The third kappa shape index (κ3) is 6.59. The normalized spacial score (nSPS) is 13.1. The molecular weight excluding hydrogens is 536 g/mol. The number of aromatic nitrogens is 1. The summed E-state index contributed by atoms with van der Waals surface area (Å²) in [6.07, 6.45) is -0.165. The first-order valence-electron chi connectivity index (χ1n) is 13.8. The number of rotatable bonds is 8. The monoisotopic (exact) mass is 574 g/mol. The molecule has 0 aliphatic carbocycles. The Morgan fingerprint density at radius 3 is 2.32 bits per heavy atom. The van der Waals surface area contributed by atoms with Gasteiger partial charge in [-0.05, 0) is 78.8 Å². The second-order valence-electron chi connectivity index (χ2n) is 11.6. The summed E-state index contributed by atoms with van der Waals surface area (Å²) in [6, 6.07) is 19.5. The molecule has 1 N–H and O–H groups in total. The largest absolute Gasteiger partial charge is 0.479 e. The predicted octanol–water partition coefficient (Wildman–Crippen LogP) is 7.46. The van der Waals surface area contributed by atoms with E-state index in [2.05, 4.69) is 61.8 Å². The molecule has 0 unspecified atom stereocenters. The van der Waals surface area contributed by atoms with E-state index in [4.69, 9.17) is 21.1 Å². The number of aryl methyl sites for hydroxylation is 1. The number of nitrogens with zero attached hydrogens (tertiary/aromatic N) is 1. The summed E-state index contributed by atoms with van der Waals surface area (Å²) in [5.74, 6) is -0.0206. The van der Waals surface area contributed by atoms with Crippen molar-refractivity contribution in [2.24, 2.45) is 7.05 Å². The van der Waals surface area contributed by atoms with Crippen molar-refractivity contribution >= 4 is 34.4 Å². The van der Waals surface area contributed by atoms with Gasteiger partial charge < -0.3 is 19.4 Å². The Balaban J connectivity index is 1.56. The van der Waals surface area contributed by atoms with Gasteiger partial charge in [0.15, 0.2) is 6.10 Å². The molecule has 4 aromatic rings. The van der Waals surface area contributed by atoms with Crippen LogP contribution in [0.5, 0.6) is 5.75 Å². The van der Waals surface area contributed by atoms with E-state index in [1.807, 2.05) is 38.2 Å². The Kier molecular flexibility index (Phi) is 8.83. The maximum Gasteiger partial charge on any atom is 0.346 e. The zero-order chi connectivity index (χ0) is 30.1. The number of fused-ring (bicyclic) bond motifs is 1. The molecule has 1 amide bonds. The molecule has 1 heterocycles. The maximum absolute atomic E-state index is 13.2. The van der Waals surface area contributed by atoms with E-state index in [0.717, 1.165) is 33.3 Å². The minimum atomic E-state index is -0.733. The quantitative estimate of drug-likeness (QED) is 0.222. The highest BCUT2D eigenvalue weighted by molar-refractivity contribution is 6.31. The SMILES string of the molecule is COC(=O)[C@H](C)Oc1ccc(Cl)c(Cc2c(C)n(C)c3cc(C(=O)N[C@@H](C)c4ccc(C(C)(C)C)cc4)ccc23)c1. The molecule has 3 aromatic carbocycles.